The Labute approximate surface area is 100 Å². The molecular weight excluding hydrogens is 249 g/mol. The molecule has 4 nitrogen and oxygen atoms in total. The van der Waals surface area contributed by atoms with Gasteiger partial charge in [-0.05, 0) is 25.1 Å². The van der Waals surface area contributed by atoms with Crippen LogP contribution in [0.3, 0.4) is 0 Å². The summed E-state index contributed by atoms with van der Waals surface area (Å²) in [6.07, 6.45) is 0. The summed E-state index contributed by atoms with van der Waals surface area (Å²) in [6, 6.07) is 4.32. The first-order valence-corrected chi connectivity index (χ1v) is 3.98. The van der Waals surface area contributed by atoms with Gasteiger partial charge in [0.2, 0.25) is 0 Å². The van der Waals surface area contributed by atoms with Crippen LogP contribution in [0.25, 0.3) is 0 Å². The van der Waals surface area contributed by atoms with E-state index < -0.39 is 5.97 Å². The van der Waals surface area contributed by atoms with Gasteiger partial charge in [-0.2, -0.15) is 0 Å². The molecule has 0 aliphatic heterocycles. The summed E-state index contributed by atoms with van der Waals surface area (Å²) >= 11 is 0. The van der Waals surface area contributed by atoms with Crippen molar-refractivity contribution < 1.29 is 38.9 Å². The first-order valence-electron chi connectivity index (χ1n) is 3.98. The average Bonchev–Trinajstić information content (AvgIpc) is 2.16. The Hall–Kier alpha value is -1.22. The molecule has 0 atom stereocenters. The maximum Gasteiger partial charge on any atom is 0.339 e. The van der Waals surface area contributed by atoms with Crippen molar-refractivity contribution in [3.63, 3.8) is 0 Å². The number of carboxylic acid groups (broad SMARTS) is 1. The number of aromatic carboxylic acids is 1. The summed E-state index contributed by atoms with van der Waals surface area (Å²) in [5, 5.41) is 8.81. The molecule has 5 heteroatoms. The van der Waals surface area contributed by atoms with Gasteiger partial charge in [-0.3, -0.25) is 4.79 Å². The molecule has 76 valence electrons. The summed E-state index contributed by atoms with van der Waals surface area (Å²) in [4.78, 5) is 21.8. The van der Waals surface area contributed by atoms with Crippen LogP contribution in [0.5, 0.6) is 5.75 Å². The van der Waals surface area contributed by atoms with Crippen LogP contribution in [0.15, 0.2) is 18.2 Å². The summed E-state index contributed by atoms with van der Waals surface area (Å²) in [5.41, 5.74) is 0.364. The molecule has 15 heavy (non-hydrogen) atoms. The molecule has 0 aliphatic rings. The average molecular weight is 260 g/mol. The Morgan fingerprint density at radius 3 is 2.33 bits per heavy atom. The van der Waals surface area contributed by atoms with Gasteiger partial charge in [-0.15, -0.1) is 0 Å². The van der Waals surface area contributed by atoms with Crippen LogP contribution >= 0.6 is 0 Å². The van der Waals surface area contributed by atoms with E-state index in [1.54, 1.807) is 0 Å². The monoisotopic (exact) mass is 258 g/mol. The van der Waals surface area contributed by atoms with Gasteiger partial charge in [0.05, 0.1) is 7.11 Å². The molecule has 0 heterocycles. The Morgan fingerprint density at radius 2 is 1.93 bits per heavy atom. The van der Waals surface area contributed by atoms with E-state index in [9.17, 15) is 9.59 Å². The number of hydrogen-bond acceptors (Lipinski definition) is 3. The largest absolute Gasteiger partial charge is 0.496 e. The van der Waals surface area contributed by atoms with Crippen molar-refractivity contribution in [2.45, 2.75) is 6.92 Å². The summed E-state index contributed by atoms with van der Waals surface area (Å²) in [5.74, 6) is -1.03. The van der Waals surface area contributed by atoms with Crippen molar-refractivity contribution >= 4 is 11.8 Å². The van der Waals surface area contributed by atoms with Crippen LogP contribution in [0.4, 0.5) is 0 Å². The first kappa shape index (κ1) is 13.8. The van der Waals surface area contributed by atoms with Gasteiger partial charge in [0.25, 0.3) is 0 Å². The van der Waals surface area contributed by atoms with Crippen molar-refractivity contribution in [3.05, 3.63) is 29.3 Å². The Morgan fingerprint density at radius 1 is 1.33 bits per heavy atom. The van der Waals surface area contributed by atoms with Crippen molar-refractivity contribution in [2.24, 2.45) is 0 Å². The second-order valence-corrected chi connectivity index (χ2v) is 2.78. The fraction of sp³-hybridized carbons (Fsp3) is 0.200. The Balaban J connectivity index is 0.00000196. The van der Waals surface area contributed by atoms with Crippen molar-refractivity contribution in [1.82, 2.24) is 0 Å². The van der Waals surface area contributed by atoms with Gasteiger partial charge in [0.15, 0.2) is 5.78 Å². The van der Waals surface area contributed by atoms with Gasteiger partial charge >= 0.3 is 5.97 Å². The van der Waals surface area contributed by atoms with Crippen LogP contribution in [-0.4, -0.2) is 24.0 Å². The number of ketones is 1. The molecule has 0 spiro atoms. The maximum atomic E-state index is 11.0. The zero-order valence-corrected chi connectivity index (χ0v) is 11.6. The Kier molecular flexibility index (Phi) is 5.16. The fourth-order valence-electron chi connectivity index (χ4n) is 1.09. The van der Waals surface area contributed by atoms with E-state index in [0.717, 1.165) is 0 Å². The van der Waals surface area contributed by atoms with Crippen LogP contribution < -0.4 is 4.74 Å². The molecule has 0 amide bonds. The smallest absolute Gasteiger partial charge is 0.339 e. The zero-order valence-electron chi connectivity index (χ0n) is 8.61. The van der Waals surface area contributed by atoms with Gasteiger partial charge in [0.1, 0.15) is 11.3 Å². The number of methoxy groups -OCH3 is 1. The van der Waals surface area contributed by atoms with Crippen LogP contribution in [0, 0.1) is 0 Å². The number of hydrogen-bond donors (Lipinski definition) is 1. The number of Topliss-reactive ketones (excluding diaryl/α,β-unsaturated/α-hetero) is 1. The molecule has 0 aromatic heterocycles. The minimum atomic E-state index is -1.11. The molecule has 1 aromatic carbocycles. The van der Waals surface area contributed by atoms with Gasteiger partial charge in [-0.25, -0.2) is 4.79 Å². The van der Waals surface area contributed by atoms with Gasteiger partial charge < -0.3 is 9.84 Å². The van der Waals surface area contributed by atoms with E-state index >= 15 is 0 Å². The van der Waals surface area contributed by atoms with E-state index in [2.05, 4.69) is 0 Å². The number of carbonyl (C=O) groups excluding carboxylic acids is 1. The molecular formula is C10H10O4Zn. The van der Waals surface area contributed by atoms with Crippen molar-refractivity contribution in [2.75, 3.05) is 7.11 Å². The van der Waals surface area contributed by atoms with E-state index in [-0.39, 0.29) is 36.6 Å². The minimum absolute atomic E-state index is 0. The molecule has 0 saturated carbocycles. The predicted octanol–water partition coefficient (Wildman–Crippen LogP) is 1.59. The fourth-order valence-corrected chi connectivity index (χ4v) is 1.09. The van der Waals surface area contributed by atoms with Crippen LogP contribution in [0.1, 0.15) is 27.6 Å². The topological polar surface area (TPSA) is 63.6 Å². The quantitative estimate of drug-likeness (QED) is 0.661. The summed E-state index contributed by atoms with van der Waals surface area (Å²) < 4.78 is 4.85. The van der Waals surface area contributed by atoms with Crippen LogP contribution in [-0.2, 0) is 19.5 Å². The SMILES string of the molecule is COc1ccc(C(C)=O)cc1C(=O)O.[Zn]. The number of carboxylic acids is 1. The second-order valence-electron chi connectivity index (χ2n) is 2.78. The number of carbonyl (C=O) groups is 2. The van der Waals surface area contributed by atoms with Crippen molar-refractivity contribution in [1.29, 1.82) is 0 Å². The van der Waals surface area contributed by atoms with Crippen LogP contribution in [0.2, 0.25) is 0 Å². The molecule has 0 unspecified atom stereocenters. The molecule has 0 fully saturated rings. The number of rotatable bonds is 3. The van der Waals surface area contributed by atoms with Crippen molar-refractivity contribution in [3.8, 4) is 5.75 Å². The molecule has 0 radical (unpaired) electrons. The summed E-state index contributed by atoms with van der Waals surface area (Å²) in [7, 11) is 1.38. The van der Waals surface area contributed by atoms with E-state index in [1.165, 1.54) is 32.2 Å². The first-order chi connectivity index (χ1) is 6.56. The third kappa shape index (κ3) is 3.13. The predicted molar refractivity (Wildman–Crippen MR) is 50.0 cm³/mol. The third-order valence-electron chi connectivity index (χ3n) is 1.84. The molecule has 1 aromatic rings. The zero-order chi connectivity index (χ0) is 10.7. The number of ether oxygens (including phenoxy) is 1. The summed E-state index contributed by atoms with van der Waals surface area (Å²) in [6.45, 7) is 1.38. The van der Waals surface area contributed by atoms with E-state index in [4.69, 9.17) is 9.84 Å². The normalized spacial score (nSPS) is 8.93. The minimum Gasteiger partial charge on any atom is -0.496 e. The molecule has 0 bridgehead atoms. The van der Waals surface area contributed by atoms with E-state index in [0.29, 0.717) is 5.56 Å². The van der Waals surface area contributed by atoms with Gasteiger partial charge in [-0.1, -0.05) is 0 Å². The molecule has 0 saturated heterocycles. The Bertz CT molecular complexity index is 387. The number of benzene rings is 1. The van der Waals surface area contributed by atoms with E-state index in [1.807, 2.05) is 0 Å². The van der Waals surface area contributed by atoms with Gasteiger partial charge in [0, 0.05) is 25.0 Å². The standard InChI is InChI=1S/C10H10O4.Zn/c1-6(11)7-3-4-9(14-2)8(5-7)10(12)13;/h3-5H,1-2H3,(H,12,13);. The second kappa shape index (κ2) is 5.61. The third-order valence-corrected chi connectivity index (χ3v) is 1.84. The maximum absolute atomic E-state index is 11.0. The molecule has 0 aliphatic carbocycles. The molecule has 1 N–H and O–H groups in total. The molecule has 1 rings (SSSR count).